The number of nitrogens with two attached hydrogens (primary N) is 1. The Hall–Kier alpha value is -0.990. The Kier molecular flexibility index (Phi) is 4.84. The van der Waals surface area contributed by atoms with Crippen LogP contribution in [0, 0.1) is 0 Å². The maximum atomic E-state index is 6.22. The number of aromatic nitrogens is 2. The van der Waals surface area contributed by atoms with Crippen molar-refractivity contribution in [3.8, 4) is 0 Å². The Labute approximate surface area is 99.1 Å². The molecule has 1 aromatic rings. The van der Waals surface area contributed by atoms with Crippen molar-refractivity contribution in [1.29, 1.82) is 0 Å². The van der Waals surface area contributed by atoms with Gasteiger partial charge in [-0.3, -0.25) is 0 Å². The lowest BCUT2D eigenvalue weighted by Gasteiger charge is -2.11. The molecule has 0 amide bonds. The third kappa shape index (κ3) is 2.39. The number of hydrogen-bond acceptors (Lipinski definition) is 2. The number of rotatable bonds is 6. The molecular formula is C13H25N3. The second-order valence-corrected chi connectivity index (χ2v) is 4.32. The first-order valence-corrected chi connectivity index (χ1v) is 6.54. The molecule has 1 aromatic heterocycles. The number of imidazole rings is 1. The van der Waals surface area contributed by atoms with Gasteiger partial charge in [0.1, 0.15) is 11.6 Å². The summed E-state index contributed by atoms with van der Waals surface area (Å²) in [7, 11) is 0. The van der Waals surface area contributed by atoms with E-state index in [9.17, 15) is 0 Å². The van der Waals surface area contributed by atoms with Gasteiger partial charge in [0, 0.05) is 18.9 Å². The molecule has 1 rings (SSSR count). The molecule has 0 aromatic carbocycles. The average Bonchev–Trinajstić information content (AvgIpc) is 2.60. The molecule has 3 heteroatoms. The van der Waals surface area contributed by atoms with Crippen LogP contribution >= 0.6 is 0 Å². The topological polar surface area (TPSA) is 43.8 Å². The van der Waals surface area contributed by atoms with Gasteiger partial charge in [0.2, 0.25) is 0 Å². The highest BCUT2D eigenvalue weighted by Crippen LogP contribution is 2.28. The van der Waals surface area contributed by atoms with Crippen LogP contribution in [0.25, 0.3) is 0 Å². The van der Waals surface area contributed by atoms with Crippen LogP contribution in [0.1, 0.15) is 64.4 Å². The number of hydrogen-bond donors (Lipinski definition) is 1. The van der Waals surface area contributed by atoms with Gasteiger partial charge in [-0.2, -0.15) is 0 Å². The first-order chi connectivity index (χ1) is 7.69. The molecule has 0 atom stereocenters. The normalized spacial score (nSPS) is 11.3. The van der Waals surface area contributed by atoms with Crippen molar-refractivity contribution in [3.05, 3.63) is 11.5 Å². The van der Waals surface area contributed by atoms with Crippen molar-refractivity contribution < 1.29 is 0 Å². The van der Waals surface area contributed by atoms with Crippen LogP contribution in [0.4, 0.5) is 5.82 Å². The van der Waals surface area contributed by atoms with Crippen LogP contribution in [0.15, 0.2) is 0 Å². The van der Waals surface area contributed by atoms with Crippen molar-refractivity contribution in [2.45, 2.75) is 65.8 Å². The largest absolute Gasteiger partial charge is 0.384 e. The van der Waals surface area contributed by atoms with Crippen molar-refractivity contribution in [2.24, 2.45) is 0 Å². The Bertz CT molecular complexity index is 324. The molecule has 0 radical (unpaired) electrons. The Morgan fingerprint density at radius 3 is 2.25 bits per heavy atom. The third-order valence-corrected chi connectivity index (χ3v) is 3.25. The van der Waals surface area contributed by atoms with E-state index in [1.165, 1.54) is 0 Å². The quantitative estimate of drug-likeness (QED) is 0.803. The van der Waals surface area contributed by atoms with Gasteiger partial charge in [0.25, 0.3) is 0 Å². The molecule has 0 spiro atoms. The van der Waals surface area contributed by atoms with E-state index in [0.717, 1.165) is 49.6 Å². The van der Waals surface area contributed by atoms with Gasteiger partial charge in [-0.1, -0.05) is 27.7 Å². The average molecular weight is 223 g/mol. The van der Waals surface area contributed by atoms with E-state index in [1.54, 1.807) is 0 Å². The molecule has 0 aliphatic heterocycles. The molecule has 0 bridgehead atoms. The standard InChI is InChI=1S/C13H25N3/c1-5-9-16-11(8-4)15-12(13(16)14)10(6-2)7-3/h10H,5-9,14H2,1-4H3. The lowest BCUT2D eigenvalue weighted by Crippen LogP contribution is -2.07. The van der Waals surface area contributed by atoms with Crippen molar-refractivity contribution in [1.82, 2.24) is 9.55 Å². The summed E-state index contributed by atoms with van der Waals surface area (Å²) in [5, 5.41) is 0. The minimum Gasteiger partial charge on any atom is -0.384 e. The second-order valence-electron chi connectivity index (χ2n) is 4.32. The molecule has 92 valence electrons. The molecule has 0 unspecified atom stereocenters. The Morgan fingerprint density at radius 2 is 1.81 bits per heavy atom. The van der Waals surface area contributed by atoms with Crippen molar-refractivity contribution in [2.75, 3.05) is 5.73 Å². The highest BCUT2D eigenvalue weighted by molar-refractivity contribution is 5.40. The van der Waals surface area contributed by atoms with Crippen LogP contribution in [0.5, 0.6) is 0 Å². The van der Waals surface area contributed by atoms with Gasteiger partial charge in [0.05, 0.1) is 5.69 Å². The van der Waals surface area contributed by atoms with Crippen molar-refractivity contribution >= 4 is 5.82 Å². The predicted octanol–water partition coefficient (Wildman–Crippen LogP) is 3.34. The van der Waals surface area contributed by atoms with Gasteiger partial charge in [-0.15, -0.1) is 0 Å². The van der Waals surface area contributed by atoms with Gasteiger partial charge in [0.15, 0.2) is 0 Å². The van der Waals surface area contributed by atoms with Crippen LogP contribution in [0.3, 0.4) is 0 Å². The zero-order chi connectivity index (χ0) is 12.1. The van der Waals surface area contributed by atoms with E-state index >= 15 is 0 Å². The molecule has 0 saturated heterocycles. The third-order valence-electron chi connectivity index (χ3n) is 3.25. The second kappa shape index (κ2) is 5.92. The van der Waals surface area contributed by atoms with Gasteiger partial charge in [-0.25, -0.2) is 4.98 Å². The summed E-state index contributed by atoms with van der Waals surface area (Å²) in [6, 6.07) is 0. The lowest BCUT2D eigenvalue weighted by molar-refractivity contribution is 0.626. The Morgan fingerprint density at radius 1 is 1.19 bits per heavy atom. The molecule has 0 fully saturated rings. The van der Waals surface area contributed by atoms with E-state index in [1.807, 2.05) is 0 Å². The van der Waals surface area contributed by atoms with Gasteiger partial charge >= 0.3 is 0 Å². The van der Waals surface area contributed by atoms with E-state index in [-0.39, 0.29) is 0 Å². The molecule has 0 saturated carbocycles. The summed E-state index contributed by atoms with van der Waals surface area (Å²) in [6.45, 7) is 9.72. The van der Waals surface area contributed by atoms with Crippen LogP contribution in [0.2, 0.25) is 0 Å². The van der Waals surface area contributed by atoms with Crippen LogP contribution in [-0.4, -0.2) is 9.55 Å². The van der Waals surface area contributed by atoms with Crippen molar-refractivity contribution in [3.63, 3.8) is 0 Å². The number of anilines is 1. The summed E-state index contributed by atoms with van der Waals surface area (Å²) in [6.07, 6.45) is 4.31. The number of aryl methyl sites for hydroxylation is 1. The summed E-state index contributed by atoms with van der Waals surface area (Å²) >= 11 is 0. The van der Waals surface area contributed by atoms with Gasteiger partial charge in [-0.05, 0) is 19.3 Å². The van der Waals surface area contributed by atoms with E-state index in [2.05, 4.69) is 32.3 Å². The zero-order valence-corrected chi connectivity index (χ0v) is 11.1. The predicted molar refractivity (Wildman–Crippen MR) is 69.6 cm³/mol. The fourth-order valence-electron chi connectivity index (χ4n) is 2.25. The maximum Gasteiger partial charge on any atom is 0.127 e. The molecule has 2 N–H and O–H groups in total. The molecule has 0 aliphatic carbocycles. The Balaban J connectivity index is 3.11. The smallest absolute Gasteiger partial charge is 0.127 e. The highest BCUT2D eigenvalue weighted by Gasteiger charge is 2.18. The molecule has 1 heterocycles. The van der Waals surface area contributed by atoms with Crippen LogP contribution < -0.4 is 5.73 Å². The summed E-state index contributed by atoms with van der Waals surface area (Å²) in [5.41, 5.74) is 7.34. The molecule has 3 nitrogen and oxygen atoms in total. The monoisotopic (exact) mass is 223 g/mol. The minimum atomic E-state index is 0.517. The number of nitrogen functional groups attached to an aromatic ring is 1. The zero-order valence-electron chi connectivity index (χ0n) is 11.1. The summed E-state index contributed by atoms with van der Waals surface area (Å²) in [4.78, 5) is 4.73. The first-order valence-electron chi connectivity index (χ1n) is 6.54. The maximum absolute atomic E-state index is 6.22. The molecule has 16 heavy (non-hydrogen) atoms. The number of nitrogens with zero attached hydrogens (tertiary/aromatic N) is 2. The molecular weight excluding hydrogens is 198 g/mol. The fourth-order valence-corrected chi connectivity index (χ4v) is 2.25. The molecule has 0 aliphatic rings. The van der Waals surface area contributed by atoms with E-state index in [4.69, 9.17) is 10.7 Å². The summed E-state index contributed by atoms with van der Waals surface area (Å²) in [5.74, 6) is 2.55. The van der Waals surface area contributed by atoms with E-state index in [0.29, 0.717) is 5.92 Å². The first kappa shape index (κ1) is 13.1. The van der Waals surface area contributed by atoms with E-state index < -0.39 is 0 Å². The fraction of sp³-hybridized carbons (Fsp3) is 0.769. The summed E-state index contributed by atoms with van der Waals surface area (Å²) < 4.78 is 2.19. The minimum absolute atomic E-state index is 0.517. The van der Waals surface area contributed by atoms with Crippen LogP contribution in [-0.2, 0) is 13.0 Å². The SMILES string of the molecule is CCCn1c(CC)nc(C(CC)CC)c1N. The highest BCUT2D eigenvalue weighted by atomic mass is 15.1. The van der Waals surface area contributed by atoms with Gasteiger partial charge < -0.3 is 10.3 Å². The lowest BCUT2D eigenvalue weighted by atomic mass is 9.99.